The highest BCUT2D eigenvalue weighted by molar-refractivity contribution is 5.92. The molecule has 0 aromatic heterocycles. The smallest absolute Gasteiger partial charge is 0.227 e. The van der Waals surface area contributed by atoms with E-state index in [1.165, 1.54) is 24.8 Å². The molecule has 3 heteroatoms. The average molecular weight is 262 g/mol. The second-order valence-electron chi connectivity index (χ2n) is 5.12. The summed E-state index contributed by atoms with van der Waals surface area (Å²) in [5.41, 5.74) is 7.66. The molecular weight excluding hydrogens is 236 g/mol. The molecule has 1 rings (SSSR count). The Hall–Kier alpha value is -1.35. The Morgan fingerprint density at radius 2 is 1.95 bits per heavy atom. The minimum atomic E-state index is -0.0331. The van der Waals surface area contributed by atoms with Crippen molar-refractivity contribution in [3.63, 3.8) is 0 Å². The van der Waals surface area contributed by atoms with Crippen molar-refractivity contribution in [2.45, 2.75) is 46.0 Å². The third kappa shape index (κ3) is 5.88. The van der Waals surface area contributed by atoms with Gasteiger partial charge in [0.25, 0.3) is 0 Å². The number of carbonyl (C=O) groups is 1. The number of unbranched alkanes of at least 4 members (excludes halogenated alkanes) is 2. The number of hydrogen-bond acceptors (Lipinski definition) is 2. The lowest BCUT2D eigenvalue weighted by atomic mass is 10.1. The molecule has 0 aliphatic heterocycles. The lowest BCUT2D eigenvalue weighted by Gasteiger charge is -2.11. The second kappa shape index (κ2) is 8.70. The van der Waals surface area contributed by atoms with E-state index in [-0.39, 0.29) is 11.8 Å². The Labute approximate surface area is 116 Å². The molecule has 0 heterocycles. The molecule has 3 N–H and O–H groups in total. The molecule has 0 fully saturated rings. The van der Waals surface area contributed by atoms with Crippen LogP contribution >= 0.6 is 0 Å². The van der Waals surface area contributed by atoms with Crippen molar-refractivity contribution in [3.05, 3.63) is 29.8 Å². The molecule has 1 aromatic carbocycles. The zero-order valence-electron chi connectivity index (χ0n) is 12.1. The fourth-order valence-corrected chi connectivity index (χ4v) is 1.98. The van der Waals surface area contributed by atoms with E-state index in [1.807, 2.05) is 19.1 Å². The number of hydrogen-bond donors (Lipinski definition) is 2. The minimum Gasteiger partial charge on any atom is -0.330 e. The summed E-state index contributed by atoms with van der Waals surface area (Å²) in [4.78, 5) is 11.8. The Morgan fingerprint density at radius 3 is 2.53 bits per heavy atom. The molecule has 0 bridgehead atoms. The fraction of sp³-hybridized carbons (Fsp3) is 0.562. The standard InChI is InChI=1S/C16H26N2O/c1-3-4-5-6-14-7-9-15(10-8-14)18-16(19)13(2)11-12-17/h7-10,13H,3-6,11-12,17H2,1-2H3,(H,18,19). The SMILES string of the molecule is CCCCCc1ccc(NC(=O)C(C)CCN)cc1. The maximum Gasteiger partial charge on any atom is 0.227 e. The molecule has 3 nitrogen and oxygen atoms in total. The Morgan fingerprint density at radius 1 is 1.26 bits per heavy atom. The first kappa shape index (κ1) is 15.7. The highest BCUT2D eigenvalue weighted by atomic mass is 16.1. The van der Waals surface area contributed by atoms with Crippen LogP contribution in [-0.4, -0.2) is 12.5 Å². The van der Waals surface area contributed by atoms with Gasteiger partial charge in [0.05, 0.1) is 0 Å². The van der Waals surface area contributed by atoms with E-state index in [1.54, 1.807) is 0 Å². The monoisotopic (exact) mass is 262 g/mol. The highest BCUT2D eigenvalue weighted by Crippen LogP contribution is 2.14. The third-order valence-corrected chi connectivity index (χ3v) is 3.34. The van der Waals surface area contributed by atoms with Crippen molar-refractivity contribution >= 4 is 11.6 Å². The predicted molar refractivity (Wildman–Crippen MR) is 81.1 cm³/mol. The van der Waals surface area contributed by atoms with Crippen LogP contribution in [0.15, 0.2) is 24.3 Å². The van der Waals surface area contributed by atoms with Crippen LogP contribution in [-0.2, 0) is 11.2 Å². The molecule has 1 unspecified atom stereocenters. The first-order valence-electron chi connectivity index (χ1n) is 7.27. The van der Waals surface area contributed by atoms with Crippen LogP contribution in [0.4, 0.5) is 5.69 Å². The van der Waals surface area contributed by atoms with Gasteiger partial charge in [-0.05, 0) is 43.5 Å². The average Bonchev–Trinajstić information content (AvgIpc) is 2.41. The number of nitrogens with one attached hydrogen (secondary N) is 1. The number of carbonyl (C=O) groups excluding carboxylic acids is 1. The van der Waals surface area contributed by atoms with Gasteiger partial charge < -0.3 is 11.1 Å². The largest absolute Gasteiger partial charge is 0.330 e. The Bertz CT molecular complexity index is 373. The van der Waals surface area contributed by atoms with Gasteiger partial charge in [-0.25, -0.2) is 0 Å². The van der Waals surface area contributed by atoms with Crippen LogP contribution in [0.1, 0.15) is 45.1 Å². The third-order valence-electron chi connectivity index (χ3n) is 3.34. The first-order chi connectivity index (χ1) is 9.17. The van der Waals surface area contributed by atoms with Crippen LogP contribution in [0.5, 0.6) is 0 Å². The number of amides is 1. The molecule has 0 saturated heterocycles. The van der Waals surface area contributed by atoms with Crippen LogP contribution in [0.2, 0.25) is 0 Å². The topological polar surface area (TPSA) is 55.1 Å². The molecule has 0 aliphatic carbocycles. The maximum absolute atomic E-state index is 11.8. The molecule has 106 valence electrons. The highest BCUT2D eigenvalue weighted by Gasteiger charge is 2.11. The van der Waals surface area contributed by atoms with Gasteiger partial charge in [0, 0.05) is 11.6 Å². The van der Waals surface area contributed by atoms with Crippen molar-refractivity contribution in [2.75, 3.05) is 11.9 Å². The van der Waals surface area contributed by atoms with Crippen LogP contribution in [0.25, 0.3) is 0 Å². The zero-order valence-corrected chi connectivity index (χ0v) is 12.1. The summed E-state index contributed by atoms with van der Waals surface area (Å²) in [6.07, 6.45) is 5.59. The molecular formula is C16H26N2O. The van der Waals surface area contributed by atoms with Crippen LogP contribution in [0.3, 0.4) is 0 Å². The second-order valence-corrected chi connectivity index (χ2v) is 5.12. The Balaban J connectivity index is 2.45. The maximum atomic E-state index is 11.8. The van der Waals surface area contributed by atoms with Crippen molar-refractivity contribution in [2.24, 2.45) is 11.7 Å². The van der Waals surface area contributed by atoms with E-state index in [2.05, 4.69) is 24.4 Å². The normalized spacial score (nSPS) is 12.2. The zero-order chi connectivity index (χ0) is 14.1. The number of nitrogens with two attached hydrogens (primary N) is 1. The summed E-state index contributed by atoms with van der Waals surface area (Å²) in [6.45, 7) is 4.66. The molecule has 1 amide bonds. The molecule has 0 spiro atoms. The van der Waals surface area contributed by atoms with Gasteiger partial charge in [-0.2, -0.15) is 0 Å². The van der Waals surface area contributed by atoms with Gasteiger partial charge >= 0.3 is 0 Å². The summed E-state index contributed by atoms with van der Waals surface area (Å²) in [6, 6.07) is 8.15. The number of benzene rings is 1. The summed E-state index contributed by atoms with van der Waals surface area (Å²) in [5.74, 6) is 0.0124. The van der Waals surface area contributed by atoms with Gasteiger partial charge in [0.2, 0.25) is 5.91 Å². The van der Waals surface area contributed by atoms with Gasteiger partial charge in [-0.3, -0.25) is 4.79 Å². The molecule has 0 aliphatic rings. The Kier molecular flexibility index (Phi) is 7.19. The fourth-order valence-electron chi connectivity index (χ4n) is 1.98. The van der Waals surface area contributed by atoms with Gasteiger partial charge in [-0.1, -0.05) is 38.8 Å². The number of anilines is 1. The number of rotatable bonds is 8. The predicted octanol–water partition coefficient (Wildman–Crippen LogP) is 3.34. The van der Waals surface area contributed by atoms with Crippen LogP contribution < -0.4 is 11.1 Å². The molecule has 0 saturated carbocycles. The van der Waals surface area contributed by atoms with E-state index in [0.29, 0.717) is 6.54 Å². The van der Waals surface area contributed by atoms with Crippen molar-refractivity contribution in [1.29, 1.82) is 0 Å². The summed E-state index contributed by atoms with van der Waals surface area (Å²) < 4.78 is 0. The lowest BCUT2D eigenvalue weighted by Crippen LogP contribution is -2.22. The van der Waals surface area contributed by atoms with Crippen molar-refractivity contribution in [1.82, 2.24) is 0 Å². The summed E-state index contributed by atoms with van der Waals surface area (Å²) >= 11 is 0. The van der Waals surface area contributed by atoms with Crippen LogP contribution in [0, 0.1) is 5.92 Å². The quantitative estimate of drug-likeness (QED) is 0.706. The molecule has 1 atom stereocenters. The first-order valence-corrected chi connectivity index (χ1v) is 7.27. The molecule has 19 heavy (non-hydrogen) atoms. The van der Waals surface area contributed by atoms with Gasteiger partial charge in [0.1, 0.15) is 0 Å². The summed E-state index contributed by atoms with van der Waals surface area (Å²) in [5, 5.41) is 2.93. The van der Waals surface area contributed by atoms with E-state index in [9.17, 15) is 4.79 Å². The van der Waals surface area contributed by atoms with Gasteiger partial charge in [-0.15, -0.1) is 0 Å². The molecule has 0 radical (unpaired) electrons. The minimum absolute atomic E-state index is 0.0331. The van der Waals surface area contributed by atoms with E-state index in [4.69, 9.17) is 5.73 Å². The van der Waals surface area contributed by atoms with E-state index < -0.39 is 0 Å². The van der Waals surface area contributed by atoms with Crippen molar-refractivity contribution < 1.29 is 4.79 Å². The lowest BCUT2D eigenvalue weighted by molar-refractivity contribution is -0.119. The number of aryl methyl sites for hydroxylation is 1. The summed E-state index contributed by atoms with van der Waals surface area (Å²) in [7, 11) is 0. The van der Waals surface area contributed by atoms with E-state index in [0.717, 1.165) is 18.5 Å². The molecule has 1 aromatic rings. The van der Waals surface area contributed by atoms with E-state index >= 15 is 0 Å². The van der Waals surface area contributed by atoms with Crippen molar-refractivity contribution in [3.8, 4) is 0 Å². The van der Waals surface area contributed by atoms with Gasteiger partial charge in [0.15, 0.2) is 0 Å².